The number of rotatable bonds is 3. The van der Waals surface area contributed by atoms with Gasteiger partial charge >= 0.3 is 6.18 Å². The second-order valence-electron chi connectivity index (χ2n) is 6.01. The Bertz CT molecular complexity index is 872. The van der Waals surface area contributed by atoms with Gasteiger partial charge in [0.2, 0.25) is 0 Å². The van der Waals surface area contributed by atoms with E-state index in [0.29, 0.717) is 10.0 Å². The van der Waals surface area contributed by atoms with E-state index in [1.54, 1.807) is 18.2 Å². The van der Waals surface area contributed by atoms with E-state index in [9.17, 15) is 28.2 Å². The van der Waals surface area contributed by atoms with Crippen LogP contribution in [0.5, 0.6) is 0 Å². The first-order chi connectivity index (χ1) is 12.6. The highest BCUT2D eigenvalue weighted by Gasteiger charge is 2.63. The zero-order valence-corrected chi connectivity index (χ0v) is 15.3. The van der Waals surface area contributed by atoms with Gasteiger partial charge in [-0.3, -0.25) is 4.79 Å². The number of hydrogen-bond donors (Lipinski definition) is 2. The van der Waals surface area contributed by atoms with Crippen molar-refractivity contribution in [1.82, 2.24) is 5.01 Å². The fourth-order valence-electron chi connectivity index (χ4n) is 2.69. The highest BCUT2D eigenvalue weighted by Crippen LogP contribution is 2.42. The highest BCUT2D eigenvalue weighted by molar-refractivity contribution is 9.10. The lowest BCUT2D eigenvalue weighted by Gasteiger charge is -2.33. The van der Waals surface area contributed by atoms with Gasteiger partial charge in [-0.05, 0) is 23.3 Å². The minimum atomic E-state index is -5.17. The summed E-state index contributed by atoms with van der Waals surface area (Å²) in [4.78, 5) is 12.5. The topological polar surface area (TPSA) is 73.1 Å². The van der Waals surface area contributed by atoms with Crippen molar-refractivity contribution in [1.29, 1.82) is 0 Å². The minimum Gasteiger partial charge on any atom is -0.378 e. The van der Waals surface area contributed by atoms with Crippen LogP contribution in [0.2, 0.25) is 0 Å². The second-order valence-corrected chi connectivity index (χ2v) is 6.92. The molecular weight excluding hydrogens is 429 g/mol. The largest absolute Gasteiger partial charge is 0.438 e. The summed E-state index contributed by atoms with van der Waals surface area (Å²) in [5.41, 5.74) is -3.23. The molecule has 1 heterocycles. The number of benzene rings is 2. The van der Waals surface area contributed by atoms with Crippen LogP contribution in [0.3, 0.4) is 0 Å². The molecule has 0 spiro atoms. The second kappa shape index (κ2) is 7.06. The van der Waals surface area contributed by atoms with Crippen molar-refractivity contribution in [2.75, 3.05) is 0 Å². The monoisotopic (exact) mass is 442 g/mol. The molecule has 1 aliphatic rings. The molecule has 0 bridgehead atoms. The lowest BCUT2D eigenvalue weighted by atomic mass is 10.0. The summed E-state index contributed by atoms with van der Waals surface area (Å²) < 4.78 is 41.4. The van der Waals surface area contributed by atoms with Crippen LogP contribution in [0.15, 0.2) is 64.2 Å². The first-order valence-electron chi connectivity index (χ1n) is 7.83. The third kappa shape index (κ3) is 3.62. The molecule has 0 radical (unpaired) electrons. The van der Waals surface area contributed by atoms with E-state index in [2.05, 4.69) is 21.0 Å². The van der Waals surface area contributed by atoms with Crippen molar-refractivity contribution in [3.05, 3.63) is 70.2 Å². The van der Waals surface area contributed by atoms with Gasteiger partial charge in [0.25, 0.3) is 11.6 Å². The number of aliphatic hydroxyl groups is 2. The van der Waals surface area contributed by atoms with Crippen LogP contribution in [0, 0.1) is 0 Å². The minimum absolute atomic E-state index is 0.0674. The van der Waals surface area contributed by atoms with Crippen LogP contribution < -0.4 is 0 Å². The third-order valence-corrected chi connectivity index (χ3v) is 4.70. The molecule has 0 aliphatic carbocycles. The number of hydrazone groups is 1. The molecule has 0 unspecified atom stereocenters. The molecule has 0 aromatic heterocycles. The number of hydrogen-bond acceptors (Lipinski definition) is 4. The lowest BCUT2D eigenvalue weighted by Crippen LogP contribution is -2.57. The van der Waals surface area contributed by atoms with E-state index < -0.39 is 30.3 Å². The fraction of sp³-hybridized carbons (Fsp3) is 0.222. The Morgan fingerprint density at radius 3 is 2.30 bits per heavy atom. The Morgan fingerprint density at radius 2 is 1.74 bits per heavy atom. The highest BCUT2D eigenvalue weighted by atomic mass is 79.9. The predicted molar refractivity (Wildman–Crippen MR) is 94.5 cm³/mol. The van der Waals surface area contributed by atoms with Gasteiger partial charge in [-0.1, -0.05) is 58.4 Å². The smallest absolute Gasteiger partial charge is 0.378 e. The molecule has 0 saturated heterocycles. The van der Waals surface area contributed by atoms with Crippen molar-refractivity contribution in [3.63, 3.8) is 0 Å². The van der Waals surface area contributed by atoms with E-state index in [0.717, 1.165) is 0 Å². The maximum atomic E-state index is 13.6. The molecule has 142 valence electrons. The summed E-state index contributed by atoms with van der Waals surface area (Å²) in [6.45, 7) is 0. The Kier molecular flexibility index (Phi) is 5.11. The standard InChI is InChI=1S/C18H14BrF3N2O3/c19-13-8-6-11(7-9-13)14-10-17(27,18(20,21)22)24(23-14)16(26)15(25)12-4-2-1-3-5-12/h1-9,15,25,27H,10H2/t15-,17-/m0/s1. The number of halogens is 4. The maximum Gasteiger partial charge on any atom is 0.438 e. The first-order valence-corrected chi connectivity index (χ1v) is 8.62. The van der Waals surface area contributed by atoms with Crippen molar-refractivity contribution in [2.45, 2.75) is 24.4 Å². The molecule has 0 saturated carbocycles. The van der Waals surface area contributed by atoms with Gasteiger partial charge in [-0.15, -0.1) is 0 Å². The van der Waals surface area contributed by atoms with E-state index in [-0.39, 0.29) is 16.3 Å². The van der Waals surface area contributed by atoms with Crippen molar-refractivity contribution < 1.29 is 28.2 Å². The number of aliphatic hydroxyl groups excluding tert-OH is 1. The van der Waals surface area contributed by atoms with Crippen molar-refractivity contribution >= 4 is 27.5 Å². The molecule has 27 heavy (non-hydrogen) atoms. The van der Waals surface area contributed by atoms with Crippen LogP contribution in [-0.2, 0) is 4.79 Å². The summed E-state index contributed by atoms with van der Waals surface area (Å²) in [5.74, 6) is -1.37. The van der Waals surface area contributed by atoms with Gasteiger partial charge in [-0.25, -0.2) is 0 Å². The fourth-order valence-corrected chi connectivity index (χ4v) is 2.96. The number of carbonyl (C=O) groups is 1. The average molecular weight is 443 g/mol. The predicted octanol–water partition coefficient (Wildman–Crippen LogP) is 3.37. The molecule has 2 aromatic rings. The van der Waals surface area contributed by atoms with Crippen LogP contribution in [-0.4, -0.2) is 38.7 Å². The Balaban J connectivity index is 2.00. The molecule has 2 N–H and O–H groups in total. The van der Waals surface area contributed by atoms with Crippen LogP contribution in [0.1, 0.15) is 23.7 Å². The van der Waals surface area contributed by atoms with Gasteiger partial charge in [0.15, 0.2) is 6.10 Å². The van der Waals surface area contributed by atoms with Crippen LogP contribution in [0.25, 0.3) is 0 Å². The zero-order valence-electron chi connectivity index (χ0n) is 13.7. The number of amides is 1. The van der Waals surface area contributed by atoms with Crippen molar-refractivity contribution in [3.8, 4) is 0 Å². The normalized spacial score (nSPS) is 21.1. The molecule has 2 atom stereocenters. The van der Waals surface area contributed by atoms with Gasteiger partial charge in [0, 0.05) is 4.47 Å². The lowest BCUT2D eigenvalue weighted by molar-refractivity contribution is -0.303. The number of nitrogens with zero attached hydrogens (tertiary/aromatic N) is 2. The molecular formula is C18H14BrF3N2O3. The SMILES string of the molecule is O=C([C@@H](O)c1ccccc1)N1N=C(c2ccc(Br)cc2)C[C@]1(O)C(F)(F)F. The summed E-state index contributed by atoms with van der Waals surface area (Å²) >= 11 is 3.22. The van der Waals surface area contributed by atoms with Crippen LogP contribution >= 0.6 is 15.9 Å². The van der Waals surface area contributed by atoms with E-state index in [1.165, 1.54) is 36.4 Å². The summed E-state index contributed by atoms with van der Waals surface area (Å²) in [5, 5.41) is 24.1. The molecule has 1 amide bonds. The maximum absolute atomic E-state index is 13.6. The molecule has 3 rings (SSSR count). The Labute approximate surface area is 160 Å². The number of carbonyl (C=O) groups excluding carboxylic acids is 1. The van der Waals surface area contributed by atoms with E-state index in [4.69, 9.17) is 0 Å². The average Bonchev–Trinajstić information content (AvgIpc) is 3.00. The summed E-state index contributed by atoms with van der Waals surface area (Å²) in [6.07, 6.45) is -8.00. The van der Waals surface area contributed by atoms with E-state index >= 15 is 0 Å². The number of alkyl halides is 3. The molecule has 2 aromatic carbocycles. The quantitative estimate of drug-likeness (QED) is 0.765. The molecule has 0 fully saturated rings. The Hall–Kier alpha value is -2.23. The Morgan fingerprint density at radius 1 is 1.15 bits per heavy atom. The summed E-state index contributed by atoms with van der Waals surface area (Å²) in [7, 11) is 0. The van der Waals surface area contributed by atoms with E-state index in [1.807, 2.05) is 0 Å². The van der Waals surface area contributed by atoms with Gasteiger partial charge in [-0.2, -0.15) is 23.3 Å². The summed E-state index contributed by atoms with van der Waals surface area (Å²) in [6, 6.07) is 13.7. The molecule has 9 heteroatoms. The third-order valence-electron chi connectivity index (χ3n) is 4.17. The zero-order chi connectivity index (χ0) is 19.8. The molecule has 1 aliphatic heterocycles. The van der Waals surface area contributed by atoms with Crippen molar-refractivity contribution in [2.24, 2.45) is 5.10 Å². The first kappa shape index (κ1) is 19.5. The van der Waals surface area contributed by atoms with Gasteiger partial charge < -0.3 is 10.2 Å². The molecule has 5 nitrogen and oxygen atoms in total. The van der Waals surface area contributed by atoms with Gasteiger partial charge in [0.1, 0.15) is 0 Å². The van der Waals surface area contributed by atoms with Gasteiger partial charge in [0.05, 0.1) is 12.1 Å². The van der Waals surface area contributed by atoms with Crippen LogP contribution in [0.4, 0.5) is 13.2 Å².